The summed E-state index contributed by atoms with van der Waals surface area (Å²) in [5.74, 6) is -1.39. The van der Waals surface area contributed by atoms with Gasteiger partial charge in [0.15, 0.2) is 0 Å². The highest BCUT2D eigenvalue weighted by atomic mass is 16.5. The summed E-state index contributed by atoms with van der Waals surface area (Å²) >= 11 is 0. The van der Waals surface area contributed by atoms with Crippen molar-refractivity contribution < 1.29 is 19.1 Å². The van der Waals surface area contributed by atoms with E-state index < -0.39 is 17.8 Å². The van der Waals surface area contributed by atoms with Crippen LogP contribution in [0.15, 0.2) is 35.9 Å². The summed E-state index contributed by atoms with van der Waals surface area (Å²) in [6.45, 7) is 7.13. The third-order valence-electron chi connectivity index (χ3n) is 5.20. The second-order valence-corrected chi connectivity index (χ2v) is 7.07. The molecule has 0 bridgehead atoms. The van der Waals surface area contributed by atoms with Gasteiger partial charge in [-0.25, -0.2) is 4.79 Å². The largest absolute Gasteiger partial charge is 0.378 e. The number of hydrogen-bond acceptors (Lipinski definition) is 5. The van der Waals surface area contributed by atoms with E-state index in [1.165, 1.54) is 6.08 Å². The molecule has 2 aliphatic heterocycles. The quantitative estimate of drug-likeness (QED) is 0.610. The number of aryl methyl sites for hydroxylation is 1. The Morgan fingerprint density at radius 1 is 0.931 bits per heavy atom. The third kappa shape index (κ3) is 3.66. The van der Waals surface area contributed by atoms with Gasteiger partial charge in [0.25, 0.3) is 11.8 Å². The van der Waals surface area contributed by atoms with Gasteiger partial charge in [0.2, 0.25) is 0 Å². The van der Waals surface area contributed by atoms with Crippen molar-refractivity contribution >= 4 is 29.6 Å². The Morgan fingerprint density at radius 3 is 2.14 bits per heavy atom. The number of ether oxygens (including phenoxy) is 1. The van der Waals surface area contributed by atoms with Gasteiger partial charge in [-0.3, -0.25) is 20.2 Å². The molecule has 8 heteroatoms. The van der Waals surface area contributed by atoms with Crippen molar-refractivity contribution in [2.24, 2.45) is 0 Å². The van der Waals surface area contributed by atoms with E-state index in [2.05, 4.69) is 44.4 Å². The number of morpholine rings is 1. The van der Waals surface area contributed by atoms with Gasteiger partial charge >= 0.3 is 6.03 Å². The highest BCUT2D eigenvalue weighted by Gasteiger charge is 2.28. The molecule has 2 aromatic rings. The molecule has 2 N–H and O–H groups in total. The molecular formula is C21H22N4O4. The summed E-state index contributed by atoms with van der Waals surface area (Å²) in [6.07, 6.45) is 1.51. The Morgan fingerprint density at radius 2 is 1.52 bits per heavy atom. The Labute approximate surface area is 168 Å². The number of carbonyl (C=O) groups excluding carboxylic acids is 3. The van der Waals surface area contributed by atoms with Crippen molar-refractivity contribution in [3.05, 3.63) is 52.9 Å². The molecule has 2 saturated heterocycles. The molecule has 4 amide bonds. The standard InChI is InChI=1S/C21H22N4O4/c1-13-11-15(12-18-19(26)22-21(28)23-20(18)27)14(2)25(13)17-5-3-16(4-6-17)24-7-9-29-10-8-24/h3-6,11-12H,7-10H2,1-2H3,(H2,22,23,26,27,28). The van der Waals surface area contributed by atoms with E-state index in [0.717, 1.165) is 54.6 Å². The van der Waals surface area contributed by atoms with Crippen LogP contribution >= 0.6 is 0 Å². The van der Waals surface area contributed by atoms with E-state index in [1.54, 1.807) is 0 Å². The molecule has 0 aliphatic carbocycles. The lowest BCUT2D eigenvalue weighted by Gasteiger charge is -2.29. The minimum Gasteiger partial charge on any atom is -0.378 e. The molecule has 4 rings (SSSR count). The van der Waals surface area contributed by atoms with E-state index in [9.17, 15) is 14.4 Å². The number of nitrogens with one attached hydrogen (secondary N) is 2. The number of nitrogens with zero attached hydrogens (tertiary/aromatic N) is 2. The third-order valence-corrected chi connectivity index (χ3v) is 5.20. The van der Waals surface area contributed by atoms with Crippen LogP contribution < -0.4 is 15.5 Å². The van der Waals surface area contributed by atoms with Crippen LogP contribution in [0.3, 0.4) is 0 Å². The molecule has 3 heterocycles. The SMILES string of the molecule is Cc1cc(C=C2C(=O)NC(=O)NC2=O)c(C)n1-c1ccc(N2CCOCC2)cc1. The number of aromatic nitrogens is 1. The van der Waals surface area contributed by atoms with E-state index >= 15 is 0 Å². The van der Waals surface area contributed by atoms with Crippen LogP contribution in [0.2, 0.25) is 0 Å². The van der Waals surface area contributed by atoms with Gasteiger partial charge in [0, 0.05) is 35.9 Å². The number of anilines is 1. The van der Waals surface area contributed by atoms with Crippen LogP contribution in [-0.4, -0.2) is 48.7 Å². The second-order valence-electron chi connectivity index (χ2n) is 7.07. The smallest absolute Gasteiger partial charge is 0.328 e. The molecule has 1 aromatic heterocycles. The topological polar surface area (TPSA) is 92.7 Å². The predicted molar refractivity (Wildman–Crippen MR) is 108 cm³/mol. The Kier molecular flexibility index (Phi) is 4.94. The Balaban J connectivity index is 1.64. The highest BCUT2D eigenvalue weighted by Crippen LogP contribution is 2.25. The van der Waals surface area contributed by atoms with Crippen molar-refractivity contribution in [1.29, 1.82) is 0 Å². The Hall–Kier alpha value is -3.39. The number of hydrogen-bond donors (Lipinski definition) is 2. The zero-order valence-corrected chi connectivity index (χ0v) is 16.3. The summed E-state index contributed by atoms with van der Waals surface area (Å²) in [7, 11) is 0. The maximum Gasteiger partial charge on any atom is 0.328 e. The lowest BCUT2D eigenvalue weighted by molar-refractivity contribution is -0.123. The van der Waals surface area contributed by atoms with Crippen LogP contribution in [0.1, 0.15) is 17.0 Å². The van der Waals surface area contributed by atoms with Gasteiger partial charge < -0.3 is 14.2 Å². The highest BCUT2D eigenvalue weighted by molar-refractivity contribution is 6.31. The van der Waals surface area contributed by atoms with Crippen molar-refractivity contribution in [1.82, 2.24) is 15.2 Å². The number of rotatable bonds is 3. The first-order valence-electron chi connectivity index (χ1n) is 9.44. The first-order chi connectivity index (χ1) is 13.9. The average molecular weight is 394 g/mol. The van der Waals surface area contributed by atoms with E-state index in [-0.39, 0.29) is 5.57 Å². The van der Waals surface area contributed by atoms with Crippen LogP contribution in [0.4, 0.5) is 10.5 Å². The number of amides is 4. The molecule has 1 aromatic carbocycles. The fourth-order valence-electron chi connectivity index (χ4n) is 3.73. The summed E-state index contributed by atoms with van der Waals surface area (Å²) in [4.78, 5) is 37.5. The van der Waals surface area contributed by atoms with Crippen LogP contribution in [0.25, 0.3) is 11.8 Å². The number of benzene rings is 1. The fraction of sp³-hybridized carbons (Fsp3) is 0.286. The number of barbiturate groups is 1. The zero-order chi connectivity index (χ0) is 20.5. The number of urea groups is 1. The maximum absolute atomic E-state index is 12.0. The molecule has 0 unspecified atom stereocenters. The molecule has 29 heavy (non-hydrogen) atoms. The molecular weight excluding hydrogens is 372 g/mol. The first kappa shape index (κ1) is 18.9. The van der Waals surface area contributed by atoms with Gasteiger partial charge in [0.05, 0.1) is 13.2 Å². The minimum atomic E-state index is -0.803. The van der Waals surface area contributed by atoms with Gasteiger partial charge in [-0.05, 0) is 55.8 Å². The summed E-state index contributed by atoms with van der Waals surface area (Å²) < 4.78 is 7.47. The average Bonchev–Trinajstić information content (AvgIpc) is 2.98. The van der Waals surface area contributed by atoms with Crippen LogP contribution in [0, 0.1) is 13.8 Å². The zero-order valence-electron chi connectivity index (χ0n) is 16.3. The van der Waals surface area contributed by atoms with Gasteiger partial charge in [-0.2, -0.15) is 0 Å². The lowest BCUT2D eigenvalue weighted by atomic mass is 10.1. The van der Waals surface area contributed by atoms with E-state index in [0.29, 0.717) is 0 Å². The molecule has 0 atom stereocenters. The predicted octanol–water partition coefficient (Wildman–Crippen LogP) is 1.68. The molecule has 150 valence electrons. The van der Waals surface area contributed by atoms with Crippen LogP contribution in [-0.2, 0) is 14.3 Å². The van der Waals surface area contributed by atoms with Gasteiger partial charge in [-0.15, -0.1) is 0 Å². The van der Waals surface area contributed by atoms with Gasteiger partial charge in [-0.1, -0.05) is 0 Å². The van der Waals surface area contributed by atoms with Crippen molar-refractivity contribution in [2.75, 3.05) is 31.2 Å². The lowest BCUT2D eigenvalue weighted by Crippen LogP contribution is -2.51. The van der Waals surface area contributed by atoms with E-state index in [1.807, 2.05) is 19.9 Å². The molecule has 8 nitrogen and oxygen atoms in total. The maximum atomic E-state index is 12.0. The normalized spacial score (nSPS) is 17.2. The molecule has 2 fully saturated rings. The molecule has 0 radical (unpaired) electrons. The molecule has 2 aliphatic rings. The summed E-state index contributed by atoms with van der Waals surface area (Å²) in [5.41, 5.74) is 4.67. The summed E-state index contributed by atoms with van der Waals surface area (Å²) in [5, 5.41) is 4.18. The van der Waals surface area contributed by atoms with Gasteiger partial charge in [0.1, 0.15) is 5.57 Å². The Bertz CT molecular complexity index is 992. The van der Waals surface area contributed by atoms with Crippen molar-refractivity contribution in [3.63, 3.8) is 0 Å². The summed E-state index contributed by atoms with van der Waals surface area (Å²) in [6, 6.07) is 9.40. The monoisotopic (exact) mass is 394 g/mol. The van der Waals surface area contributed by atoms with Crippen molar-refractivity contribution in [3.8, 4) is 5.69 Å². The number of carbonyl (C=O) groups is 3. The fourth-order valence-corrected chi connectivity index (χ4v) is 3.73. The molecule has 0 spiro atoms. The first-order valence-corrected chi connectivity index (χ1v) is 9.44. The second kappa shape index (κ2) is 7.56. The number of imide groups is 2. The van der Waals surface area contributed by atoms with E-state index in [4.69, 9.17) is 4.74 Å². The van der Waals surface area contributed by atoms with Crippen molar-refractivity contribution in [2.45, 2.75) is 13.8 Å². The minimum absolute atomic E-state index is 0.0903. The van der Waals surface area contributed by atoms with Crippen LogP contribution in [0.5, 0.6) is 0 Å². The molecule has 0 saturated carbocycles.